The third kappa shape index (κ3) is 4.27. The van der Waals surface area contributed by atoms with Crippen LogP contribution in [0.3, 0.4) is 0 Å². The van der Waals surface area contributed by atoms with E-state index in [9.17, 15) is 10.1 Å². The van der Waals surface area contributed by atoms with Gasteiger partial charge in [-0.1, -0.05) is 0 Å². The SMILES string of the molecule is COc1ccc(-c2cc3nccn3c(NCCNc3ccc([N+](=O)[O-])c(N)n3)n2)cn1. The fourth-order valence-electron chi connectivity index (χ4n) is 2.93. The molecule has 4 aromatic rings. The molecular weight excluding hydrogens is 402 g/mol. The Morgan fingerprint density at radius 2 is 2.00 bits per heavy atom. The van der Waals surface area contributed by atoms with Gasteiger partial charge in [0, 0.05) is 55.4 Å². The first-order valence-corrected chi connectivity index (χ1v) is 9.28. The number of ether oxygens (including phenoxy) is 1. The van der Waals surface area contributed by atoms with Crippen molar-refractivity contribution in [3.63, 3.8) is 0 Å². The number of hydrogen-bond donors (Lipinski definition) is 3. The number of hydrogen-bond acceptors (Lipinski definition) is 10. The summed E-state index contributed by atoms with van der Waals surface area (Å²) in [6, 6.07) is 8.35. The lowest BCUT2D eigenvalue weighted by molar-refractivity contribution is -0.384. The second-order valence-electron chi connectivity index (χ2n) is 6.42. The highest BCUT2D eigenvalue weighted by atomic mass is 16.6. The molecule has 4 aromatic heterocycles. The number of nitrogens with one attached hydrogen (secondary N) is 2. The van der Waals surface area contributed by atoms with E-state index < -0.39 is 4.92 Å². The van der Waals surface area contributed by atoms with Crippen LogP contribution in [0.2, 0.25) is 0 Å². The molecule has 4 rings (SSSR count). The van der Waals surface area contributed by atoms with Gasteiger partial charge >= 0.3 is 5.69 Å². The average molecular weight is 421 g/mol. The molecule has 0 aliphatic carbocycles. The third-order valence-corrected chi connectivity index (χ3v) is 4.44. The van der Waals surface area contributed by atoms with E-state index in [4.69, 9.17) is 10.5 Å². The van der Waals surface area contributed by atoms with E-state index in [0.717, 1.165) is 11.2 Å². The maximum Gasteiger partial charge on any atom is 0.311 e. The molecule has 31 heavy (non-hydrogen) atoms. The number of nitrogens with two attached hydrogens (primary N) is 1. The van der Waals surface area contributed by atoms with Crippen molar-refractivity contribution in [2.75, 3.05) is 36.6 Å². The first-order chi connectivity index (χ1) is 15.0. The smallest absolute Gasteiger partial charge is 0.311 e. The van der Waals surface area contributed by atoms with Gasteiger partial charge in [-0.25, -0.2) is 19.9 Å². The van der Waals surface area contributed by atoms with Crippen molar-refractivity contribution < 1.29 is 9.66 Å². The van der Waals surface area contributed by atoms with E-state index in [-0.39, 0.29) is 11.5 Å². The number of nitrogen functional groups attached to an aromatic ring is 1. The molecule has 0 aromatic carbocycles. The summed E-state index contributed by atoms with van der Waals surface area (Å²) in [6.45, 7) is 0.986. The van der Waals surface area contributed by atoms with Crippen molar-refractivity contribution in [2.45, 2.75) is 0 Å². The van der Waals surface area contributed by atoms with E-state index in [0.29, 0.717) is 36.4 Å². The lowest BCUT2D eigenvalue weighted by Gasteiger charge is -2.11. The summed E-state index contributed by atoms with van der Waals surface area (Å²) in [5.41, 5.74) is 7.68. The van der Waals surface area contributed by atoms with Crippen molar-refractivity contribution in [1.82, 2.24) is 24.3 Å². The van der Waals surface area contributed by atoms with Crippen LogP contribution < -0.4 is 21.1 Å². The van der Waals surface area contributed by atoms with Gasteiger partial charge in [0.25, 0.3) is 0 Å². The molecule has 4 N–H and O–H groups in total. The van der Waals surface area contributed by atoms with E-state index in [1.165, 1.54) is 12.1 Å². The minimum absolute atomic E-state index is 0.134. The lowest BCUT2D eigenvalue weighted by Crippen LogP contribution is -2.17. The molecule has 12 nitrogen and oxygen atoms in total. The summed E-state index contributed by atoms with van der Waals surface area (Å²) in [7, 11) is 1.56. The zero-order valence-electron chi connectivity index (χ0n) is 16.5. The van der Waals surface area contributed by atoms with E-state index in [1.54, 1.807) is 25.6 Å². The summed E-state index contributed by atoms with van der Waals surface area (Å²) in [5, 5.41) is 17.2. The molecular formula is C19H19N9O3. The quantitative estimate of drug-likeness (QED) is 0.219. The van der Waals surface area contributed by atoms with Crippen molar-refractivity contribution in [3.05, 3.63) is 59.0 Å². The maximum atomic E-state index is 10.8. The van der Waals surface area contributed by atoms with Gasteiger partial charge < -0.3 is 21.1 Å². The van der Waals surface area contributed by atoms with Crippen molar-refractivity contribution in [3.8, 4) is 17.1 Å². The maximum absolute atomic E-state index is 10.8. The Labute approximate surface area is 176 Å². The second kappa shape index (κ2) is 8.49. The fraction of sp³-hybridized carbons (Fsp3) is 0.158. The molecule has 4 heterocycles. The summed E-state index contributed by atoms with van der Waals surface area (Å²) < 4.78 is 6.94. The number of aromatic nitrogens is 5. The number of nitro groups is 1. The van der Waals surface area contributed by atoms with Gasteiger partial charge in [-0.3, -0.25) is 14.5 Å². The molecule has 0 spiro atoms. The summed E-state index contributed by atoms with van der Waals surface area (Å²) in [4.78, 5) is 27.5. The van der Waals surface area contributed by atoms with Gasteiger partial charge in [0.2, 0.25) is 17.6 Å². The van der Waals surface area contributed by atoms with Gasteiger partial charge in [-0.15, -0.1) is 0 Å². The molecule has 12 heteroatoms. The molecule has 158 valence electrons. The molecule has 0 unspecified atom stereocenters. The first kappa shape index (κ1) is 19.8. The minimum atomic E-state index is -0.568. The van der Waals surface area contributed by atoms with Crippen molar-refractivity contribution >= 4 is 28.9 Å². The Bertz CT molecular complexity index is 1220. The fourth-order valence-corrected chi connectivity index (χ4v) is 2.93. The van der Waals surface area contributed by atoms with Crippen LogP contribution in [0.4, 0.5) is 23.3 Å². The second-order valence-corrected chi connectivity index (χ2v) is 6.42. The number of imidazole rings is 1. The Hall–Kier alpha value is -4.48. The van der Waals surface area contributed by atoms with Crippen LogP contribution in [-0.2, 0) is 0 Å². The predicted molar refractivity (Wildman–Crippen MR) is 115 cm³/mol. The van der Waals surface area contributed by atoms with Crippen molar-refractivity contribution in [2.24, 2.45) is 0 Å². The molecule has 0 fully saturated rings. The number of methoxy groups -OCH3 is 1. The van der Waals surface area contributed by atoms with Crippen LogP contribution in [0.5, 0.6) is 5.88 Å². The molecule has 0 bridgehead atoms. The van der Waals surface area contributed by atoms with E-state index in [1.807, 2.05) is 22.7 Å². The Morgan fingerprint density at radius 3 is 2.71 bits per heavy atom. The molecule has 0 radical (unpaired) electrons. The highest BCUT2D eigenvalue weighted by Crippen LogP contribution is 2.23. The summed E-state index contributed by atoms with van der Waals surface area (Å²) in [5.74, 6) is 1.45. The monoisotopic (exact) mass is 421 g/mol. The van der Waals surface area contributed by atoms with Crippen LogP contribution in [0.25, 0.3) is 16.9 Å². The number of nitrogens with zero attached hydrogens (tertiary/aromatic N) is 6. The van der Waals surface area contributed by atoms with Gasteiger partial charge in [0.15, 0.2) is 0 Å². The van der Waals surface area contributed by atoms with Crippen molar-refractivity contribution in [1.29, 1.82) is 0 Å². The number of pyridine rings is 2. The zero-order valence-corrected chi connectivity index (χ0v) is 16.5. The van der Waals surface area contributed by atoms with Gasteiger partial charge in [-0.2, -0.15) is 0 Å². The van der Waals surface area contributed by atoms with Gasteiger partial charge in [0.1, 0.15) is 11.5 Å². The van der Waals surface area contributed by atoms with Gasteiger partial charge in [-0.05, 0) is 12.1 Å². The van der Waals surface area contributed by atoms with Crippen LogP contribution >= 0.6 is 0 Å². The molecule has 0 atom stereocenters. The number of fused-ring (bicyclic) bond motifs is 1. The average Bonchev–Trinajstić information content (AvgIpc) is 3.25. The summed E-state index contributed by atoms with van der Waals surface area (Å²) in [6.07, 6.45) is 5.20. The Balaban J connectivity index is 1.46. The van der Waals surface area contributed by atoms with Crippen LogP contribution in [0.15, 0.2) is 48.9 Å². The van der Waals surface area contributed by atoms with Crippen LogP contribution in [-0.4, -0.2) is 49.5 Å². The van der Waals surface area contributed by atoms with E-state index in [2.05, 4.69) is 30.6 Å². The molecule has 0 amide bonds. The first-order valence-electron chi connectivity index (χ1n) is 9.28. The molecule has 0 saturated carbocycles. The topological polar surface area (TPSA) is 158 Å². The standard InChI is InChI=1S/C19H19N9O3/c1-31-17-5-2-12(11-24-17)13-10-16-22-8-9-27(16)19(25-13)23-7-6-21-15-4-3-14(28(29)30)18(20)26-15/h2-5,8-11H,6-7H2,1H3,(H,23,25)(H3,20,21,26). The Morgan fingerprint density at radius 1 is 1.16 bits per heavy atom. The zero-order chi connectivity index (χ0) is 21.8. The lowest BCUT2D eigenvalue weighted by atomic mass is 10.2. The Kier molecular flexibility index (Phi) is 5.43. The number of rotatable bonds is 8. The van der Waals surface area contributed by atoms with Gasteiger partial charge in [0.05, 0.1) is 17.7 Å². The molecule has 0 aliphatic rings. The normalized spacial score (nSPS) is 10.7. The number of anilines is 3. The van der Waals surface area contributed by atoms with E-state index >= 15 is 0 Å². The molecule has 0 saturated heterocycles. The third-order valence-electron chi connectivity index (χ3n) is 4.44. The highest BCUT2D eigenvalue weighted by molar-refractivity contribution is 5.65. The summed E-state index contributed by atoms with van der Waals surface area (Å²) >= 11 is 0. The molecule has 0 aliphatic heterocycles. The highest BCUT2D eigenvalue weighted by Gasteiger charge is 2.13. The predicted octanol–water partition coefficient (Wildman–Crippen LogP) is 2.21. The van der Waals surface area contributed by atoms with Crippen LogP contribution in [0.1, 0.15) is 0 Å². The largest absolute Gasteiger partial charge is 0.481 e. The van der Waals surface area contributed by atoms with Crippen LogP contribution in [0, 0.1) is 10.1 Å². The minimum Gasteiger partial charge on any atom is -0.481 e.